The minimum absolute atomic E-state index is 0. The summed E-state index contributed by atoms with van der Waals surface area (Å²) in [5, 5.41) is 6.40. The van der Waals surface area contributed by atoms with E-state index in [2.05, 4.69) is 15.6 Å². The van der Waals surface area contributed by atoms with Crippen LogP contribution in [0.3, 0.4) is 0 Å². The maximum atomic E-state index is 11.9. The quantitative estimate of drug-likeness (QED) is 0.232. The molecule has 1 rings (SSSR count). The molecule has 1 aliphatic heterocycles. The lowest BCUT2D eigenvalue weighted by molar-refractivity contribution is -0.127. The minimum Gasteiger partial charge on any atom is -0.444 e. The van der Waals surface area contributed by atoms with E-state index in [4.69, 9.17) is 4.74 Å². The molecule has 27 heavy (non-hydrogen) atoms. The molecule has 2 N–H and O–H groups in total. The van der Waals surface area contributed by atoms with Crippen LogP contribution in [0.25, 0.3) is 0 Å². The summed E-state index contributed by atoms with van der Waals surface area (Å²) in [6, 6.07) is 0. The van der Waals surface area contributed by atoms with Crippen molar-refractivity contribution in [2.75, 3.05) is 46.3 Å². The third kappa shape index (κ3) is 11.2. The highest BCUT2D eigenvalue weighted by atomic mass is 127. The van der Waals surface area contributed by atoms with Gasteiger partial charge in [-0.3, -0.25) is 9.79 Å². The Labute approximate surface area is 180 Å². The van der Waals surface area contributed by atoms with Crippen LogP contribution in [0, 0.1) is 0 Å². The third-order valence-electron chi connectivity index (χ3n) is 3.82. The Morgan fingerprint density at radius 3 is 2.59 bits per heavy atom. The SMILES string of the molecule is CCNC(=NCCCN1CCCC1=O)NCCN(C)C(=O)OC(C)(C)C.I. The summed E-state index contributed by atoms with van der Waals surface area (Å²) in [5.74, 6) is 0.974. The molecule has 0 atom stereocenters. The molecule has 0 aromatic heterocycles. The molecule has 9 heteroatoms. The molecule has 0 aliphatic carbocycles. The van der Waals surface area contributed by atoms with Gasteiger partial charge in [-0.05, 0) is 40.5 Å². The maximum Gasteiger partial charge on any atom is 0.410 e. The molecule has 1 aliphatic rings. The fraction of sp³-hybridized carbons (Fsp3) is 0.833. The summed E-state index contributed by atoms with van der Waals surface area (Å²) < 4.78 is 5.32. The second kappa shape index (κ2) is 13.0. The van der Waals surface area contributed by atoms with Gasteiger partial charge in [-0.2, -0.15) is 0 Å². The number of hydrogen-bond acceptors (Lipinski definition) is 4. The summed E-state index contributed by atoms with van der Waals surface area (Å²) in [5.41, 5.74) is -0.494. The highest BCUT2D eigenvalue weighted by Crippen LogP contribution is 2.10. The molecule has 8 nitrogen and oxygen atoms in total. The number of likely N-dealkylation sites (tertiary alicyclic amines) is 1. The van der Waals surface area contributed by atoms with Crippen molar-refractivity contribution in [2.24, 2.45) is 4.99 Å². The van der Waals surface area contributed by atoms with Gasteiger partial charge in [-0.25, -0.2) is 4.79 Å². The van der Waals surface area contributed by atoms with Crippen LogP contribution in [0.4, 0.5) is 4.79 Å². The molecule has 0 aromatic carbocycles. The topological polar surface area (TPSA) is 86.3 Å². The number of carbonyl (C=O) groups excluding carboxylic acids is 2. The summed E-state index contributed by atoms with van der Waals surface area (Å²) in [6.45, 7) is 11.7. The zero-order chi connectivity index (χ0) is 19.6. The number of hydrogen-bond donors (Lipinski definition) is 2. The van der Waals surface area contributed by atoms with Crippen LogP contribution >= 0.6 is 24.0 Å². The molecule has 0 radical (unpaired) electrons. The lowest BCUT2D eigenvalue weighted by Crippen LogP contribution is -2.43. The van der Waals surface area contributed by atoms with Gasteiger partial charge >= 0.3 is 6.09 Å². The fourth-order valence-corrected chi connectivity index (χ4v) is 2.51. The number of nitrogens with zero attached hydrogens (tertiary/aromatic N) is 3. The van der Waals surface area contributed by atoms with Crippen molar-refractivity contribution in [1.82, 2.24) is 20.4 Å². The van der Waals surface area contributed by atoms with Gasteiger partial charge in [-0.15, -0.1) is 24.0 Å². The van der Waals surface area contributed by atoms with Crippen molar-refractivity contribution >= 4 is 41.9 Å². The van der Waals surface area contributed by atoms with E-state index < -0.39 is 5.60 Å². The van der Waals surface area contributed by atoms with Crippen LogP contribution in [0.1, 0.15) is 47.0 Å². The van der Waals surface area contributed by atoms with Crippen LogP contribution in [0.2, 0.25) is 0 Å². The van der Waals surface area contributed by atoms with E-state index in [1.807, 2.05) is 32.6 Å². The van der Waals surface area contributed by atoms with Gasteiger partial charge in [-0.1, -0.05) is 0 Å². The molecule has 2 amide bonds. The van der Waals surface area contributed by atoms with Crippen molar-refractivity contribution in [2.45, 2.75) is 52.6 Å². The second-order valence-electron chi connectivity index (χ2n) is 7.43. The number of rotatable bonds is 8. The van der Waals surface area contributed by atoms with Crippen LogP contribution in [-0.4, -0.2) is 79.7 Å². The number of likely N-dealkylation sites (N-methyl/N-ethyl adjacent to an activating group) is 1. The van der Waals surface area contributed by atoms with E-state index in [1.165, 1.54) is 0 Å². The number of carbonyl (C=O) groups is 2. The molecule has 158 valence electrons. The van der Waals surface area contributed by atoms with Crippen molar-refractivity contribution < 1.29 is 14.3 Å². The Morgan fingerprint density at radius 1 is 1.33 bits per heavy atom. The van der Waals surface area contributed by atoms with Gasteiger partial charge in [0.1, 0.15) is 5.60 Å². The summed E-state index contributed by atoms with van der Waals surface area (Å²) in [6.07, 6.45) is 2.16. The summed E-state index contributed by atoms with van der Waals surface area (Å²) in [4.78, 5) is 31.5. The molecule has 1 heterocycles. The van der Waals surface area contributed by atoms with Gasteiger partial charge in [0.15, 0.2) is 5.96 Å². The maximum absolute atomic E-state index is 11.9. The summed E-state index contributed by atoms with van der Waals surface area (Å²) in [7, 11) is 1.72. The number of nitrogens with one attached hydrogen (secondary N) is 2. The van der Waals surface area contributed by atoms with Gasteiger partial charge in [0.25, 0.3) is 0 Å². The number of halogens is 1. The first kappa shape index (κ1) is 25.7. The normalized spacial score (nSPS) is 14.6. The molecule has 0 saturated carbocycles. The molecule has 0 aromatic rings. The van der Waals surface area contributed by atoms with Crippen molar-refractivity contribution in [1.29, 1.82) is 0 Å². The first-order chi connectivity index (χ1) is 12.2. The molecular formula is C18H36IN5O3. The van der Waals surface area contributed by atoms with E-state index in [0.717, 1.165) is 38.4 Å². The first-order valence-corrected chi connectivity index (χ1v) is 9.47. The Balaban J connectivity index is 0.00000676. The van der Waals surface area contributed by atoms with Gasteiger partial charge in [0, 0.05) is 52.7 Å². The lowest BCUT2D eigenvalue weighted by atomic mass is 10.2. The van der Waals surface area contributed by atoms with E-state index in [0.29, 0.717) is 26.1 Å². The fourth-order valence-electron chi connectivity index (χ4n) is 2.51. The lowest BCUT2D eigenvalue weighted by Gasteiger charge is -2.25. The number of amides is 2. The van der Waals surface area contributed by atoms with Crippen molar-refractivity contribution in [3.63, 3.8) is 0 Å². The molecule has 1 saturated heterocycles. The largest absolute Gasteiger partial charge is 0.444 e. The van der Waals surface area contributed by atoms with Crippen LogP contribution in [-0.2, 0) is 9.53 Å². The molecule has 0 spiro atoms. The predicted molar refractivity (Wildman–Crippen MR) is 119 cm³/mol. The zero-order valence-electron chi connectivity index (χ0n) is 17.3. The molecule has 0 bridgehead atoms. The average Bonchev–Trinajstić information content (AvgIpc) is 2.94. The third-order valence-corrected chi connectivity index (χ3v) is 3.82. The zero-order valence-corrected chi connectivity index (χ0v) is 19.7. The van der Waals surface area contributed by atoms with Crippen LogP contribution in [0.5, 0.6) is 0 Å². The number of ether oxygens (including phenoxy) is 1. The van der Waals surface area contributed by atoms with Crippen molar-refractivity contribution in [3.8, 4) is 0 Å². The van der Waals surface area contributed by atoms with Crippen molar-refractivity contribution in [3.05, 3.63) is 0 Å². The molecule has 1 fully saturated rings. The Bertz CT molecular complexity index is 494. The minimum atomic E-state index is -0.494. The smallest absolute Gasteiger partial charge is 0.410 e. The van der Waals surface area contributed by atoms with Gasteiger partial charge < -0.3 is 25.2 Å². The Kier molecular flexibility index (Phi) is 12.4. The monoisotopic (exact) mass is 497 g/mol. The van der Waals surface area contributed by atoms with Crippen LogP contribution in [0.15, 0.2) is 4.99 Å². The van der Waals surface area contributed by atoms with Gasteiger partial charge in [0.2, 0.25) is 5.91 Å². The van der Waals surface area contributed by atoms with Gasteiger partial charge in [0.05, 0.1) is 0 Å². The Morgan fingerprint density at radius 2 is 2.04 bits per heavy atom. The summed E-state index contributed by atoms with van der Waals surface area (Å²) >= 11 is 0. The molecule has 0 unspecified atom stereocenters. The number of aliphatic imine (C=N–C) groups is 1. The van der Waals surface area contributed by atoms with E-state index >= 15 is 0 Å². The second-order valence-corrected chi connectivity index (χ2v) is 7.43. The molecular weight excluding hydrogens is 461 g/mol. The average molecular weight is 497 g/mol. The number of guanidine groups is 1. The van der Waals surface area contributed by atoms with E-state index in [9.17, 15) is 9.59 Å². The first-order valence-electron chi connectivity index (χ1n) is 9.47. The Hall–Kier alpha value is -1.26. The predicted octanol–water partition coefficient (Wildman–Crippen LogP) is 2.04. The van der Waals surface area contributed by atoms with Crippen LogP contribution < -0.4 is 10.6 Å². The highest BCUT2D eigenvalue weighted by Gasteiger charge is 2.20. The highest BCUT2D eigenvalue weighted by molar-refractivity contribution is 14.0. The van der Waals surface area contributed by atoms with E-state index in [1.54, 1.807) is 11.9 Å². The standard InChI is InChI=1S/C18H35N5O3.HI/c1-6-19-16(20-10-8-13-23-12-7-9-15(23)24)21-11-14-22(5)17(25)26-18(2,3)4;/h6-14H2,1-5H3,(H2,19,20,21);1H. The van der Waals surface area contributed by atoms with E-state index in [-0.39, 0.29) is 36.0 Å².